The molecule has 0 N–H and O–H groups in total. The van der Waals surface area contributed by atoms with Crippen molar-refractivity contribution < 1.29 is 18.3 Å². The lowest BCUT2D eigenvalue weighted by atomic mass is 10.2. The summed E-state index contributed by atoms with van der Waals surface area (Å²) in [6.45, 7) is -0.911. The quantitative estimate of drug-likeness (QED) is 0.724. The van der Waals surface area contributed by atoms with Crippen LogP contribution in [0.4, 0.5) is 8.78 Å². The van der Waals surface area contributed by atoms with E-state index in [2.05, 4.69) is 0 Å². The van der Waals surface area contributed by atoms with E-state index in [1.807, 2.05) is 0 Å². The second-order valence-electron chi connectivity index (χ2n) is 2.40. The largest absolute Gasteiger partial charge is 0.493 e. The first kappa shape index (κ1) is 9.77. The van der Waals surface area contributed by atoms with Crippen LogP contribution in [0.1, 0.15) is 5.56 Å². The molecule has 0 aromatic heterocycles. The molecule has 0 spiro atoms. The molecule has 72 valence electrons. The van der Waals surface area contributed by atoms with Crippen LogP contribution < -0.4 is 9.47 Å². The van der Waals surface area contributed by atoms with E-state index in [9.17, 15) is 8.78 Å². The van der Waals surface area contributed by atoms with Crippen molar-refractivity contribution in [1.82, 2.24) is 0 Å². The molecule has 0 aliphatic carbocycles. The van der Waals surface area contributed by atoms with Crippen molar-refractivity contribution in [2.75, 3.05) is 14.2 Å². The number of hydrogen-bond donors (Lipinski definition) is 0. The Labute approximate surface area is 75.1 Å². The minimum atomic E-state index is -0.911. The van der Waals surface area contributed by atoms with Gasteiger partial charge in [0.2, 0.25) is 0 Å². The van der Waals surface area contributed by atoms with Crippen LogP contribution in [0.25, 0.3) is 0 Å². The van der Waals surface area contributed by atoms with Crippen molar-refractivity contribution >= 4 is 0 Å². The van der Waals surface area contributed by atoms with Gasteiger partial charge in [0.1, 0.15) is 12.5 Å². The van der Waals surface area contributed by atoms with Crippen molar-refractivity contribution in [2.45, 2.75) is 6.67 Å². The smallest absolute Gasteiger partial charge is 0.169 e. The topological polar surface area (TPSA) is 18.5 Å². The molecule has 0 amide bonds. The number of rotatable bonds is 3. The number of halogens is 2. The van der Waals surface area contributed by atoms with Gasteiger partial charge in [-0.25, -0.2) is 8.78 Å². The van der Waals surface area contributed by atoms with Crippen molar-refractivity contribution in [3.63, 3.8) is 0 Å². The van der Waals surface area contributed by atoms with E-state index >= 15 is 0 Å². The van der Waals surface area contributed by atoms with E-state index in [-0.39, 0.29) is 11.3 Å². The van der Waals surface area contributed by atoms with Crippen LogP contribution in [-0.2, 0) is 6.67 Å². The van der Waals surface area contributed by atoms with E-state index in [4.69, 9.17) is 9.47 Å². The molecule has 1 rings (SSSR count). The molecule has 13 heavy (non-hydrogen) atoms. The number of benzene rings is 1. The average Bonchev–Trinajstić information content (AvgIpc) is 2.17. The van der Waals surface area contributed by atoms with Gasteiger partial charge in [0.15, 0.2) is 11.5 Å². The first-order valence-corrected chi connectivity index (χ1v) is 3.70. The predicted octanol–water partition coefficient (Wildman–Crippen LogP) is 2.31. The number of methoxy groups -OCH3 is 2. The average molecular weight is 188 g/mol. The van der Waals surface area contributed by atoms with E-state index in [0.29, 0.717) is 5.75 Å². The molecule has 4 heteroatoms. The molecule has 1 aromatic carbocycles. The molecule has 0 saturated carbocycles. The Morgan fingerprint density at radius 2 is 1.92 bits per heavy atom. The van der Waals surface area contributed by atoms with Gasteiger partial charge in [0, 0.05) is 0 Å². The monoisotopic (exact) mass is 188 g/mol. The highest BCUT2D eigenvalue weighted by molar-refractivity contribution is 5.47. The summed E-state index contributed by atoms with van der Waals surface area (Å²) in [4.78, 5) is 0. The van der Waals surface area contributed by atoms with Gasteiger partial charge in [0.05, 0.1) is 19.8 Å². The third-order valence-corrected chi connectivity index (χ3v) is 1.72. The van der Waals surface area contributed by atoms with Gasteiger partial charge in [-0.2, -0.15) is 0 Å². The first-order chi connectivity index (χ1) is 6.24. The molecule has 0 radical (unpaired) electrons. The van der Waals surface area contributed by atoms with E-state index in [1.165, 1.54) is 20.3 Å². The fourth-order valence-electron chi connectivity index (χ4n) is 1.09. The Morgan fingerprint density at radius 3 is 2.38 bits per heavy atom. The third-order valence-electron chi connectivity index (χ3n) is 1.72. The van der Waals surface area contributed by atoms with Crippen molar-refractivity contribution in [2.24, 2.45) is 0 Å². The van der Waals surface area contributed by atoms with Crippen LogP contribution in [0.15, 0.2) is 12.1 Å². The zero-order chi connectivity index (χ0) is 9.84. The lowest BCUT2D eigenvalue weighted by Crippen LogP contribution is -1.97. The highest BCUT2D eigenvalue weighted by atomic mass is 19.1. The van der Waals surface area contributed by atoms with Gasteiger partial charge in [-0.15, -0.1) is 0 Å². The number of hydrogen-bond acceptors (Lipinski definition) is 2. The Balaban J connectivity index is 3.27. The third kappa shape index (κ3) is 1.71. The van der Waals surface area contributed by atoms with Crippen molar-refractivity contribution in [3.8, 4) is 11.5 Å². The van der Waals surface area contributed by atoms with Crippen LogP contribution in [0.2, 0.25) is 0 Å². The minimum Gasteiger partial charge on any atom is -0.493 e. The maximum absolute atomic E-state index is 13.0. The summed E-state index contributed by atoms with van der Waals surface area (Å²) in [5.74, 6) is -0.179. The van der Waals surface area contributed by atoms with Crippen LogP contribution in [-0.4, -0.2) is 14.2 Å². The zero-order valence-corrected chi connectivity index (χ0v) is 7.43. The molecule has 0 unspecified atom stereocenters. The Morgan fingerprint density at radius 1 is 1.23 bits per heavy atom. The van der Waals surface area contributed by atoms with Crippen LogP contribution >= 0.6 is 0 Å². The van der Waals surface area contributed by atoms with E-state index in [0.717, 1.165) is 6.07 Å². The Kier molecular flexibility index (Phi) is 3.06. The summed E-state index contributed by atoms with van der Waals surface area (Å²) < 4.78 is 35.1. The van der Waals surface area contributed by atoms with Gasteiger partial charge in [-0.1, -0.05) is 0 Å². The van der Waals surface area contributed by atoms with Gasteiger partial charge < -0.3 is 9.47 Å². The number of alkyl halides is 1. The maximum atomic E-state index is 13.0. The minimum absolute atomic E-state index is 0.109. The fraction of sp³-hybridized carbons (Fsp3) is 0.333. The fourth-order valence-corrected chi connectivity index (χ4v) is 1.09. The molecule has 0 fully saturated rings. The predicted molar refractivity (Wildman–Crippen MR) is 44.3 cm³/mol. The van der Waals surface area contributed by atoms with Crippen molar-refractivity contribution in [3.05, 3.63) is 23.5 Å². The van der Waals surface area contributed by atoms with Gasteiger partial charge in [-0.05, 0) is 12.1 Å². The van der Waals surface area contributed by atoms with Gasteiger partial charge in [0.25, 0.3) is 0 Å². The zero-order valence-electron chi connectivity index (χ0n) is 7.43. The molecular weight excluding hydrogens is 178 g/mol. The van der Waals surface area contributed by atoms with E-state index in [1.54, 1.807) is 0 Å². The Hall–Kier alpha value is -1.32. The summed E-state index contributed by atoms with van der Waals surface area (Å²) in [6.07, 6.45) is 0. The summed E-state index contributed by atoms with van der Waals surface area (Å²) in [5, 5.41) is 0. The molecule has 0 heterocycles. The van der Waals surface area contributed by atoms with Crippen LogP contribution in [0.3, 0.4) is 0 Å². The molecule has 0 saturated heterocycles. The number of ether oxygens (including phenoxy) is 2. The molecular formula is C9H10F2O2. The highest BCUT2D eigenvalue weighted by Gasteiger charge is 2.14. The summed E-state index contributed by atoms with van der Waals surface area (Å²) in [6, 6.07) is 2.55. The molecule has 2 nitrogen and oxygen atoms in total. The van der Waals surface area contributed by atoms with E-state index < -0.39 is 12.5 Å². The van der Waals surface area contributed by atoms with Gasteiger partial charge >= 0.3 is 0 Å². The van der Waals surface area contributed by atoms with Gasteiger partial charge in [-0.3, -0.25) is 0 Å². The molecule has 0 atom stereocenters. The first-order valence-electron chi connectivity index (χ1n) is 3.70. The van der Waals surface area contributed by atoms with Crippen LogP contribution in [0.5, 0.6) is 11.5 Å². The molecule has 1 aromatic rings. The summed E-state index contributed by atoms with van der Waals surface area (Å²) in [7, 11) is 2.76. The second kappa shape index (κ2) is 4.07. The van der Waals surface area contributed by atoms with Crippen molar-refractivity contribution in [1.29, 1.82) is 0 Å². The molecule has 0 bridgehead atoms. The summed E-state index contributed by atoms with van der Waals surface area (Å²) >= 11 is 0. The molecule has 0 aliphatic rings. The van der Waals surface area contributed by atoms with Crippen LogP contribution in [0, 0.1) is 5.82 Å². The lowest BCUT2D eigenvalue weighted by Gasteiger charge is -2.10. The Bertz CT molecular complexity index is 300. The normalized spacial score (nSPS) is 9.85. The maximum Gasteiger partial charge on any atom is 0.169 e. The summed E-state index contributed by atoms with van der Waals surface area (Å²) in [5.41, 5.74) is -0.109. The second-order valence-corrected chi connectivity index (χ2v) is 2.40. The SMILES string of the molecule is COc1ccc(F)c(CF)c1OC. The lowest BCUT2D eigenvalue weighted by molar-refractivity contribution is 0.339. The standard InChI is InChI=1S/C9H10F2O2/c1-12-8-4-3-7(11)6(5-10)9(8)13-2/h3-4H,5H2,1-2H3. The molecule has 0 aliphatic heterocycles. The highest BCUT2D eigenvalue weighted by Crippen LogP contribution is 2.33.